The van der Waals surface area contributed by atoms with Crippen LogP contribution in [0.4, 0.5) is 0 Å². The molecule has 1 aromatic carbocycles. The zero-order valence-electron chi connectivity index (χ0n) is 15.8. The lowest BCUT2D eigenvalue weighted by atomic mass is 10.1. The van der Waals surface area contributed by atoms with Crippen LogP contribution in [0.1, 0.15) is 23.4 Å². The van der Waals surface area contributed by atoms with Gasteiger partial charge < -0.3 is 4.90 Å². The summed E-state index contributed by atoms with van der Waals surface area (Å²) in [7, 11) is 0. The third-order valence-corrected chi connectivity index (χ3v) is 6.17. The van der Waals surface area contributed by atoms with Gasteiger partial charge in [0.2, 0.25) is 5.91 Å². The Morgan fingerprint density at radius 3 is 2.67 bits per heavy atom. The van der Waals surface area contributed by atoms with E-state index in [1.807, 2.05) is 11.8 Å². The van der Waals surface area contributed by atoms with Gasteiger partial charge >= 0.3 is 0 Å². The molecule has 0 bridgehead atoms. The largest absolute Gasteiger partial charge is 0.340 e. The van der Waals surface area contributed by atoms with Crippen molar-refractivity contribution < 1.29 is 4.79 Å². The molecule has 3 heterocycles. The Bertz CT molecular complexity index is 893. The lowest BCUT2D eigenvalue weighted by molar-refractivity contribution is -0.132. The van der Waals surface area contributed by atoms with Gasteiger partial charge in [-0.05, 0) is 25.3 Å². The van der Waals surface area contributed by atoms with Crippen LogP contribution < -0.4 is 0 Å². The summed E-state index contributed by atoms with van der Waals surface area (Å²) in [5, 5.41) is 2.12. The van der Waals surface area contributed by atoms with Gasteiger partial charge in [-0.3, -0.25) is 14.1 Å². The number of benzene rings is 1. The number of aromatic nitrogens is 2. The Morgan fingerprint density at radius 2 is 1.89 bits per heavy atom. The van der Waals surface area contributed by atoms with Crippen LogP contribution in [0.3, 0.4) is 0 Å². The molecule has 1 aliphatic heterocycles. The molecule has 2 aromatic heterocycles. The maximum absolute atomic E-state index is 12.6. The van der Waals surface area contributed by atoms with Crippen LogP contribution in [0, 0.1) is 6.92 Å². The highest BCUT2D eigenvalue weighted by molar-refractivity contribution is 7.15. The smallest absolute Gasteiger partial charge is 0.223 e. The third-order valence-electron chi connectivity index (χ3n) is 5.28. The second kappa shape index (κ2) is 8.23. The zero-order chi connectivity index (χ0) is 18.6. The summed E-state index contributed by atoms with van der Waals surface area (Å²) in [6.45, 7) is 6.71. The highest BCUT2D eigenvalue weighted by atomic mass is 32.1. The maximum Gasteiger partial charge on any atom is 0.223 e. The number of carbonyl (C=O) groups excluding carboxylic acids is 1. The van der Waals surface area contributed by atoms with Crippen molar-refractivity contribution in [3.63, 3.8) is 0 Å². The van der Waals surface area contributed by atoms with Gasteiger partial charge in [-0.25, -0.2) is 4.98 Å². The Kier molecular flexibility index (Phi) is 5.55. The molecule has 0 spiro atoms. The lowest BCUT2D eigenvalue weighted by Gasteiger charge is -2.34. The summed E-state index contributed by atoms with van der Waals surface area (Å²) in [4.78, 5) is 22.6. The quantitative estimate of drug-likeness (QED) is 0.658. The highest BCUT2D eigenvalue weighted by Crippen LogP contribution is 2.18. The Morgan fingerprint density at radius 1 is 1.11 bits per heavy atom. The number of aryl methyl sites for hydroxylation is 2. The number of piperazine rings is 1. The van der Waals surface area contributed by atoms with Gasteiger partial charge in [-0.15, -0.1) is 11.3 Å². The van der Waals surface area contributed by atoms with Gasteiger partial charge in [0.25, 0.3) is 0 Å². The van der Waals surface area contributed by atoms with E-state index in [2.05, 4.69) is 56.2 Å². The van der Waals surface area contributed by atoms with Crippen molar-refractivity contribution in [2.45, 2.75) is 26.2 Å². The van der Waals surface area contributed by atoms with Crippen LogP contribution in [-0.4, -0.2) is 57.8 Å². The maximum atomic E-state index is 12.6. The summed E-state index contributed by atoms with van der Waals surface area (Å²) in [5.41, 5.74) is 3.60. The third kappa shape index (κ3) is 4.39. The van der Waals surface area contributed by atoms with Crippen molar-refractivity contribution in [2.24, 2.45) is 0 Å². The van der Waals surface area contributed by atoms with Crippen LogP contribution >= 0.6 is 11.3 Å². The molecular formula is C21H26N4OS. The first-order valence-electron chi connectivity index (χ1n) is 9.65. The summed E-state index contributed by atoms with van der Waals surface area (Å²) in [5.74, 6) is 0.272. The standard InChI is InChI=1S/C21H26N4OS/c1-17-15-25-19(16-27-21(25)22-17)7-8-20(26)24-13-11-23(12-14-24)10-9-18-5-3-2-4-6-18/h2-6,15-16H,7-14H2,1H3. The fraction of sp³-hybridized carbons (Fsp3) is 0.429. The van der Waals surface area contributed by atoms with Gasteiger partial charge in [0.1, 0.15) is 0 Å². The number of nitrogens with zero attached hydrogens (tertiary/aromatic N) is 4. The van der Waals surface area contributed by atoms with Crippen LogP contribution in [0.5, 0.6) is 0 Å². The SMILES string of the molecule is Cc1cn2c(CCC(=O)N3CCN(CCc4ccccc4)CC3)csc2n1. The molecule has 1 fully saturated rings. The van der Waals surface area contributed by atoms with E-state index in [1.54, 1.807) is 11.3 Å². The molecule has 0 unspecified atom stereocenters. The summed E-state index contributed by atoms with van der Waals surface area (Å²) in [6.07, 6.45) is 4.49. The molecular weight excluding hydrogens is 356 g/mol. The van der Waals surface area contributed by atoms with Crippen LogP contribution in [-0.2, 0) is 17.6 Å². The minimum Gasteiger partial charge on any atom is -0.340 e. The molecule has 142 valence electrons. The van der Waals surface area contributed by atoms with Crippen molar-refractivity contribution in [3.8, 4) is 0 Å². The van der Waals surface area contributed by atoms with E-state index < -0.39 is 0 Å². The van der Waals surface area contributed by atoms with Crippen molar-refractivity contribution in [3.05, 3.63) is 58.9 Å². The molecule has 1 aliphatic rings. The first-order valence-corrected chi connectivity index (χ1v) is 10.5. The average Bonchev–Trinajstić information content (AvgIpc) is 3.25. The van der Waals surface area contributed by atoms with E-state index in [9.17, 15) is 4.79 Å². The number of fused-ring (bicyclic) bond motifs is 1. The van der Waals surface area contributed by atoms with E-state index in [4.69, 9.17) is 0 Å². The second-order valence-electron chi connectivity index (χ2n) is 7.22. The van der Waals surface area contributed by atoms with E-state index in [1.165, 1.54) is 11.3 Å². The summed E-state index contributed by atoms with van der Waals surface area (Å²) < 4.78 is 2.12. The molecule has 6 heteroatoms. The van der Waals surface area contributed by atoms with Crippen LogP contribution in [0.15, 0.2) is 41.9 Å². The van der Waals surface area contributed by atoms with Gasteiger partial charge in [0, 0.05) is 56.4 Å². The van der Waals surface area contributed by atoms with E-state index >= 15 is 0 Å². The molecule has 4 rings (SSSR count). The monoisotopic (exact) mass is 382 g/mol. The zero-order valence-corrected chi connectivity index (χ0v) is 16.6. The highest BCUT2D eigenvalue weighted by Gasteiger charge is 2.21. The van der Waals surface area contributed by atoms with Gasteiger partial charge in [-0.1, -0.05) is 30.3 Å². The van der Waals surface area contributed by atoms with Gasteiger partial charge in [-0.2, -0.15) is 0 Å². The molecule has 0 saturated carbocycles. The Labute approximate surface area is 164 Å². The minimum absolute atomic E-state index is 0.272. The topological polar surface area (TPSA) is 40.9 Å². The first-order chi connectivity index (χ1) is 13.2. The Hall–Kier alpha value is -2.18. The molecule has 0 N–H and O–H groups in total. The molecule has 1 amide bonds. The predicted molar refractivity (Wildman–Crippen MR) is 109 cm³/mol. The molecule has 27 heavy (non-hydrogen) atoms. The normalized spacial score (nSPS) is 15.5. The number of rotatable bonds is 6. The van der Waals surface area contributed by atoms with E-state index in [0.717, 1.165) is 56.2 Å². The van der Waals surface area contributed by atoms with Crippen molar-refractivity contribution in [2.75, 3.05) is 32.7 Å². The summed E-state index contributed by atoms with van der Waals surface area (Å²) in [6, 6.07) is 10.6. The first kappa shape index (κ1) is 18.2. The van der Waals surface area contributed by atoms with E-state index in [0.29, 0.717) is 6.42 Å². The molecule has 0 atom stereocenters. The van der Waals surface area contributed by atoms with Gasteiger partial charge in [0.05, 0.1) is 5.69 Å². The number of amides is 1. The number of hydrogen-bond acceptors (Lipinski definition) is 4. The fourth-order valence-electron chi connectivity index (χ4n) is 3.67. The number of hydrogen-bond donors (Lipinski definition) is 0. The summed E-state index contributed by atoms with van der Waals surface area (Å²) >= 11 is 1.65. The second-order valence-corrected chi connectivity index (χ2v) is 8.06. The molecule has 3 aromatic rings. The van der Waals surface area contributed by atoms with Gasteiger partial charge in [0.15, 0.2) is 4.96 Å². The van der Waals surface area contributed by atoms with Crippen molar-refractivity contribution >= 4 is 22.2 Å². The number of thiazole rings is 1. The fourth-order valence-corrected chi connectivity index (χ4v) is 4.62. The van der Waals surface area contributed by atoms with Crippen molar-refractivity contribution in [1.82, 2.24) is 19.2 Å². The molecule has 0 aliphatic carbocycles. The van der Waals surface area contributed by atoms with E-state index in [-0.39, 0.29) is 5.91 Å². The van der Waals surface area contributed by atoms with Crippen molar-refractivity contribution in [1.29, 1.82) is 0 Å². The molecule has 0 radical (unpaired) electrons. The van der Waals surface area contributed by atoms with Crippen LogP contribution in [0.25, 0.3) is 4.96 Å². The minimum atomic E-state index is 0.272. The Balaban J connectivity index is 1.22. The number of carbonyl (C=O) groups is 1. The molecule has 1 saturated heterocycles. The number of imidazole rings is 1. The predicted octanol–water partition coefficient (Wildman–Crippen LogP) is 3.02. The van der Waals surface area contributed by atoms with Crippen LogP contribution in [0.2, 0.25) is 0 Å². The lowest BCUT2D eigenvalue weighted by Crippen LogP contribution is -2.49. The average molecular weight is 383 g/mol. The molecule has 5 nitrogen and oxygen atoms in total.